The number of hydrogen-bond donors (Lipinski definition) is 2. The van der Waals surface area contributed by atoms with Crippen molar-refractivity contribution in [2.45, 2.75) is 44.3 Å². The Balaban J connectivity index is 0.00000225. The van der Waals surface area contributed by atoms with Gasteiger partial charge in [-0.25, -0.2) is 0 Å². The molecule has 1 aliphatic carbocycles. The molecule has 1 heterocycles. The number of rotatable bonds is 5. The van der Waals surface area contributed by atoms with Gasteiger partial charge in [0.15, 0.2) is 0 Å². The first-order chi connectivity index (χ1) is 13.3. The SMILES string of the molecule is CN1CCCC(CNC(=O)[C@@H]2CCC[C@@H]2CN)C1c1ccc(C(F)(F)F)cc1.Cl.Cl. The van der Waals surface area contributed by atoms with Crippen LogP contribution in [0.1, 0.15) is 49.3 Å². The van der Waals surface area contributed by atoms with Crippen molar-refractivity contribution in [3.63, 3.8) is 0 Å². The Morgan fingerprint density at radius 1 is 1.10 bits per heavy atom. The molecular weight excluding hydrogens is 438 g/mol. The Morgan fingerprint density at radius 3 is 2.33 bits per heavy atom. The second kappa shape index (κ2) is 11.6. The number of carbonyl (C=O) groups is 1. The van der Waals surface area contributed by atoms with Crippen LogP contribution in [0.25, 0.3) is 0 Å². The first kappa shape index (κ1) is 27.0. The molecule has 172 valence electrons. The highest BCUT2D eigenvalue weighted by atomic mass is 35.5. The van der Waals surface area contributed by atoms with Gasteiger partial charge >= 0.3 is 6.18 Å². The molecule has 30 heavy (non-hydrogen) atoms. The number of amides is 1. The molecule has 1 saturated carbocycles. The number of nitrogens with two attached hydrogens (primary N) is 1. The fourth-order valence-electron chi connectivity index (χ4n) is 4.90. The minimum Gasteiger partial charge on any atom is -0.356 e. The molecule has 0 bridgehead atoms. The van der Waals surface area contributed by atoms with Crippen LogP contribution in [0, 0.1) is 17.8 Å². The monoisotopic (exact) mass is 469 g/mol. The van der Waals surface area contributed by atoms with Crippen molar-refractivity contribution in [1.29, 1.82) is 0 Å². The van der Waals surface area contributed by atoms with Gasteiger partial charge in [-0.1, -0.05) is 18.6 Å². The largest absolute Gasteiger partial charge is 0.416 e. The van der Waals surface area contributed by atoms with Crippen molar-refractivity contribution in [3.05, 3.63) is 35.4 Å². The van der Waals surface area contributed by atoms with Gasteiger partial charge in [-0.2, -0.15) is 13.2 Å². The van der Waals surface area contributed by atoms with Crippen molar-refractivity contribution in [2.75, 3.05) is 26.7 Å². The van der Waals surface area contributed by atoms with E-state index >= 15 is 0 Å². The van der Waals surface area contributed by atoms with Gasteiger partial charge in [-0.3, -0.25) is 9.69 Å². The fraction of sp³-hybridized carbons (Fsp3) is 0.667. The van der Waals surface area contributed by atoms with Crippen LogP contribution in [0.4, 0.5) is 13.2 Å². The molecule has 0 aromatic heterocycles. The van der Waals surface area contributed by atoms with E-state index in [1.807, 2.05) is 7.05 Å². The molecule has 0 spiro atoms. The molecule has 3 rings (SSSR count). The summed E-state index contributed by atoms with van der Waals surface area (Å²) in [6, 6.07) is 5.46. The summed E-state index contributed by atoms with van der Waals surface area (Å²) in [5.41, 5.74) is 6.03. The van der Waals surface area contributed by atoms with Crippen molar-refractivity contribution in [1.82, 2.24) is 10.2 Å². The Morgan fingerprint density at radius 2 is 1.73 bits per heavy atom. The highest BCUT2D eigenvalue weighted by Crippen LogP contribution is 2.37. The molecule has 1 aromatic carbocycles. The molecule has 4 nitrogen and oxygen atoms in total. The van der Waals surface area contributed by atoms with Crippen molar-refractivity contribution in [3.8, 4) is 0 Å². The van der Waals surface area contributed by atoms with Crippen LogP contribution in [0.2, 0.25) is 0 Å². The average Bonchev–Trinajstić information content (AvgIpc) is 3.14. The van der Waals surface area contributed by atoms with Crippen molar-refractivity contribution in [2.24, 2.45) is 23.5 Å². The lowest BCUT2D eigenvalue weighted by molar-refractivity contribution is -0.137. The van der Waals surface area contributed by atoms with E-state index in [9.17, 15) is 18.0 Å². The summed E-state index contributed by atoms with van der Waals surface area (Å²) in [5, 5.41) is 3.11. The number of halogens is 5. The lowest BCUT2D eigenvalue weighted by atomic mass is 9.84. The first-order valence-electron chi connectivity index (χ1n) is 10.2. The lowest BCUT2D eigenvalue weighted by Gasteiger charge is -2.40. The maximum absolute atomic E-state index is 12.9. The molecule has 2 aliphatic rings. The molecule has 2 unspecified atom stereocenters. The van der Waals surface area contributed by atoms with Crippen LogP contribution in [-0.2, 0) is 11.0 Å². The van der Waals surface area contributed by atoms with E-state index in [1.165, 1.54) is 0 Å². The van der Waals surface area contributed by atoms with Crippen LogP contribution in [0.3, 0.4) is 0 Å². The minimum atomic E-state index is -4.33. The molecule has 1 aliphatic heterocycles. The van der Waals surface area contributed by atoms with Gasteiger partial charge in [0.1, 0.15) is 0 Å². The zero-order valence-corrected chi connectivity index (χ0v) is 18.8. The summed E-state index contributed by atoms with van der Waals surface area (Å²) < 4.78 is 38.6. The summed E-state index contributed by atoms with van der Waals surface area (Å²) in [6.45, 7) is 1.98. The third-order valence-corrected chi connectivity index (χ3v) is 6.42. The third kappa shape index (κ3) is 6.25. The third-order valence-electron chi connectivity index (χ3n) is 6.42. The topological polar surface area (TPSA) is 58.4 Å². The molecule has 3 N–H and O–H groups in total. The van der Waals surface area contributed by atoms with E-state index in [4.69, 9.17) is 5.73 Å². The van der Waals surface area contributed by atoms with Crippen LogP contribution in [0.5, 0.6) is 0 Å². The zero-order valence-electron chi connectivity index (χ0n) is 17.2. The van der Waals surface area contributed by atoms with Gasteiger partial charge in [0.2, 0.25) is 5.91 Å². The summed E-state index contributed by atoms with van der Waals surface area (Å²) in [6.07, 6.45) is 0.575. The second-order valence-electron chi connectivity index (χ2n) is 8.23. The summed E-state index contributed by atoms with van der Waals surface area (Å²) in [7, 11) is 2.00. The molecule has 1 saturated heterocycles. The first-order valence-corrected chi connectivity index (χ1v) is 10.2. The molecule has 1 aromatic rings. The molecule has 1 amide bonds. The van der Waals surface area contributed by atoms with Crippen LogP contribution in [0.15, 0.2) is 24.3 Å². The summed E-state index contributed by atoms with van der Waals surface area (Å²) >= 11 is 0. The van der Waals surface area contributed by atoms with Gasteiger partial charge in [0.05, 0.1) is 5.56 Å². The second-order valence-corrected chi connectivity index (χ2v) is 8.23. The molecule has 4 atom stereocenters. The van der Waals surface area contributed by atoms with E-state index in [0.29, 0.717) is 13.1 Å². The zero-order chi connectivity index (χ0) is 20.3. The fourth-order valence-corrected chi connectivity index (χ4v) is 4.90. The van der Waals surface area contributed by atoms with Gasteiger partial charge in [0.25, 0.3) is 0 Å². The Bertz CT molecular complexity index is 672. The number of carbonyl (C=O) groups excluding carboxylic acids is 1. The number of piperidine rings is 1. The summed E-state index contributed by atoms with van der Waals surface area (Å²) in [4.78, 5) is 14.8. The van der Waals surface area contributed by atoms with E-state index < -0.39 is 11.7 Å². The smallest absolute Gasteiger partial charge is 0.356 e. The lowest BCUT2D eigenvalue weighted by Crippen LogP contribution is -2.43. The molecular formula is C21H32Cl2F3N3O. The maximum atomic E-state index is 12.9. The van der Waals surface area contributed by atoms with E-state index in [-0.39, 0.29) is 54.5 Å². The number of benzene rings is 1. The van der Waals surface area contributed by atoms with E-state index in [0.717, 1.165) is 56.3 Å². The van der Waals surface area contributed by atoms with Gasteiger partial charge < -0.3 is 11.1 Å². The minimum absolute atomic E-state index is 0. The normalized spacial score (nSPS) is 27.1. The van der Waals surface area contributed by atoms with Gasteiger partial charge in [0, 0.05) is 18.5 Å². The highest BCUT2D eigenvalue weighted by molar-refractivity contribution is 5.85. The van der Waals surface area contributed by atoms with Crippen LogP contribution in [-0.4, -0.2) is 37.5 Å². The van der Waals surface area contributed by atoms with Crippen molar-refractivity contribution >= 4 is 30.7 Å². The number of alkyl halides is 3. The number of likely N-dealkylation sites (tertiary alicyclic amines) is 1. The Hall–Kier alpha value is -1.02. The Kier molecular flexibility index (Phi) is 10.4. The predicted octanol–water partition coefficient (Wildman–Crippen LogP) is 4.42. The van der Waals surface area contributed by atoms with Crippen molar-refractivity contribution < 1.29 is 18.0 Å². The number of hydrogen-bond acceptors (Lipinski definition) is 3. The molecule has 0 radical (unpaired) electrons. The quantitative estimate of drug-likeness (QED) is 0.670. The standard InChI is InChI=1S/C21H30F3N3O.2ClH/c1-27-11-3-5-16(13-26-20(28)18-6-2-4-15(18)12-25)19(27)14-7-9-17(10-8-14)21(22,23)24;;/h7-10,15-16,18-19H,2-6,11-13,25H2,1H3,(H,26,28);2*1H/t15-,16?,18-,19?;;/m1../s1. The molecule has 2 fully saturated rings. The van der Waals surface area contributed by atoms with Crippen LogP contribution < -0.4 is 11.1 Å². The maximum Gasteiger partial charge on any atom is 0.416 e. The highest BCUT2D eigenvalue weighted by Gasteiger charge is 2.35. The summed E-state index contributed by atoms with van der Waals surface area (Å²) in [5.74, 6) is 0.514. The molecule has 9 heteroatoms. The van der Waals surface area contributed by atoms with E-state index in [1.54, 1.807) is 12.1 Å². The Labute approximate surface area is 189 Å². The van der Waals surface area contributed by atoms with Gasteiger partial charge in [-0.15, -0.1) is 24.8 Å². The predicted molar refractivity (Wildman–Crippen MR) is 117 cm³/mol. The van der Waals surface area contributed by atoms with Crippen LogP contribution >= 0.6 is 24.8 Å². The number of nitrogens with zero attached hydrogens (tertiary/aromatic N) is 1. The average molecular weight is 470 g/mol. The van der Waals surface area contributed by atoms with E-state index in [2.05, 4.69) is 10.2 Å². The number of nitrogens with one attached hydrogen (secondary N) is 1. The van der Waals surface area contributed by atoms with Gasteiger partial charge in [-0.05, 0) is 75.4 Å².